The molecule has 0 atom stereocenters. The molecule has 2 N–H and O–H groups in total. The molecule has 0 saturated heterocycles. The predicted octanol–water partition coefficient (Wildman–Crippen LogP) is -2.14. The summed E-state index contributed by atoms with van der Waals surface area (Å²) >= 11 is 3.36. The first kappa shape index (κ1) is 13.6. The van der Waals surface area contributed by atoms with Crippen molar-refractivity contribution in [2.75, 3.05) is 5.33 Å². The van der Waals surface area contributed by atoms with E-state index in [9.17, 15) is 4.79 Å². The van der Waals surface area contributed by atoms with Gasteiger partial charge in [0.05, 0.1) is 5.56 Å². The first-order chi connectivity index (χ1) is 6.24. The van der Waals surface area contributed by atoms with Crippen molar-refractivity contribution in [2.24, 2.45) is 5.73 Å². The van der Waals surface area contributed by atoms with Gasteiger partial charge in [-0.1, -0.05) is 15.9 Å². The molecule has 0 saturated carbocycles. The van der Waals surface area contributed by atoms with Gasteiger partial charge in [-0.2, -0.15) is 0 Å². The second kappa shape index (κ2) is 6.95. The van der Waals surface area contributed by atoms with E-state index in [1.807, 2.05) is 17.0 Å². The average molecular weight is 324 g/mol. The van der Waals surface area contributed by atoms with E-state index in [2.05, 4.69) is 15.9 Å². The summed E-state index contributed by atoms with van der Waals surface area (Å²) in [7, 11) is 0. The van der Waals surface area contributed by atoms with E-state index < -0.39 is 0 Å². The number of carbonyl (C=O) groups is 1. The van der Waals surface area contributed by atoms with Crippen molar-refractivity contribution in [1.29, 1.82) is 0 Å². The molecule has 0 spiro atoms. The Labute approximate surface area is 102 Å². The maximum atomic E-state index is 10.7. The Morgan fingerprint density at radius 2 is 2.00 bits per heavy atom. The number of nitrogens with two attached hydrogens (primary N) is 1. The fraction of sp³-hybridized carbons (Fsp3) is 0.333. The Bertz CT molecular complexity index is 287. The molecule has 1 aromatic heterocycles. The number of rotatable bonds is 4. The van der Waals surface area contributed by atoms with Crippen LogP contribution in [0.5, 0.6) is 0 Å². The smallest absolute Gasteiger partial charge is 0.249 e. The van der Waals surface area contributed by atoms with Gasteiger partial charge in [0.15, 0.2) is 12.4 Å². The Balaban J connectivity index is 0.00000169. The zero-order valence-electron chi connectivity index (χ0n) is 7.62. The lowest BCUT2D eigenvalue weighted by molar-refractivity contribution is -0.696. The van der Waals surface area contributed by atoms with Crippen LogP contribution in [0.25, 0.3) is 0 Å². The van der Waals surface area contributed by atoms with Crippen molar-refractivity contribution in [2.45, 2.75) is 13.0 Å². The summed E-state index contributed by atoms with van der Waals surface area (Å²) in [5.74, 6) is -0.382. The fourth-order valence-electron chi connectivity index (χ4n) is 1.01. The second-order valence-electron chi connectivity index (χ2n) is 2.73. The van der Waals surface area contributed by atoms with Gasteiger partial charge in [-0.05, 0) is 0 Å². The van der Waals surface area contributed by atoms with Crippen molar-refractivity contribution in [3.05, 3.63) is 30.1 Å². The molecule has 0 aliphatic carbocycles. The van der Waals surface area contributed by atoms with Crippen LogP contribution in [0.15, 0.2) is 24.5 Å². The number of hydrogen-bond acceptors (Lipinski definition) is 1. The molecule has 1 rings (SSSR count). The molecule has 1 heterocycles. The Kier molecular flexibility index (Phi) is 6.74. The van der Waals surface area contributed by atoms with Crippen LogP contribution in [0.4, 0.5) is 0 Å². The standard InChI is InChI=1S/C9H11BrN2O.BrH/c10-4-1-5-12-6-2-8(3-7-12)9(11)13;/h2-3,6-7H,1,4-5H2,(H-,11,13);1H. The number of alkyl halides is 1. The quantitative estimate of drug-likeness (QED) is 0.499. The summed E-state index contributed by atoms with van der Waals surface area (Å²) in [5.41, 5.74) is 5.66. The number of pyridine rings is 1. The average Bonchev–Trinajstić information content (AvgIpc) is 2.15. The van der Waals surface area contributed by atoms with E-state index in [4.69, 9.17) is 5.73 Å². The largest absolute Gasteiger partial charge is 1.00 e. The molecule has 78 valence electrons. The number of carbonyl (C=O) groups excluding carboxylic acids is 1. The molecule has 0 aromatic carbocycles. The van der Waals surface area contributed by atoms with Crippen LogP contribution in [0.3, 0.4) is 0 Å². The molecular weight excluding hydrogens is 312 g/mol. The van der Waals surface area contributed by atoms with E-state index >= 15 is 0 Å². The van der Waals surface area contributed by atoms with E-state index in [1.165, 1.54) is 0 Å². The van der Waals surface area contributed by atoms with Gasteiger partial charge < -0.3 is 22.7 Å². The third-order valence-corrected chi connectivity index (χ3v) is 2.29. The summed E-state index contributed by atoms with van der Waals surface area (Å²) in [6.45, 7) is 0.949. The molecule has 0 unspecified atom stereocenters. The Morgan fingerprint density at radius 3 is 2.43 bits per heavy atom. The van der Waals surface area contributed by atoms with Crippen molar-refractivity contribution in [3.8, 4) is 0 Å². The van der Waals surface area contributed by atoms with E-state index in [-0.39, 0.29) is 22.9 Å². The summed E-state index contributed by atoms with van der Waals surface area (Å²) in [6, 6.07) is 3.47. The van der Waals surface area contributed by atoms with Crippen LogP contribution in [0.1, 0.15) is 16.8 Å². The molecule has 5 heteroatoms. The molecule has 0 bridgehead atoms. The first-order valence-corrected chi connectivity index (χ1v) is 5.21. The minimum absolute atomic E-state index is 0. The Morgan fingerprint density at radius 1 is 1.43 bits per heavy atom. The summed E-state index contributed by atoms with van der Waals surface area (Å²) in [5, 5.41) is 0.984. The number of hydrogen-bond donors (Lipinski definition) is 1. The molecule has 1 amide bonds. The number of amides is 1. The topological polar surface area (TPSA) is 47.0 Å². The van der Waals surface area contributed by atoms with Crippen LogP contribution < -0.4 is 27.3 Å². The molecule has 3 nitrogen and oxygen atoms in total. The van der Waals surface area contributed by atoms with Gasteiger partial charge in [-0.15, -0.1) is 0 Å². The lowest BCUT2D eigenvalue weighted by Gasteiger charge is -1.95. The van der Waals surface area contributed by atoms with E-state index in [1.54, 1.807) is 12.1 Å². The van der Waals surface area contributed by atoms with Crippen LogP contribution in [-0.4, -0.2) is 11.2 Å². The summed E-state index contributed by atoms with van der Waals surface area (Å²) in [6.07, 6.45) is 4.80. The van der Waals surface area contributed by atoms with Crippen molar-refractivity contribution in [1.82, 2.24) is 0 Å². The molecule has 14 heavy (non-hydrogen) atoms. The third kappa shape index (κ3) is 4.19. The second-order valence-corrected chi connectivity index (χ2v) is 3.52. The van der Waals surface area contributed by atoms with Crippen molar-refractivity contribution < 1.29 is 26.3 Å². The summed E-state index contributed by atoms with van der Waals surface area (Å²) in [4.78, 5) is 10.7. The van der Waals surface area contributed by atoms with Crippen molar-refractivity contribution >= 4 is 21.8 Å². The molecular formula is C9H12Br2N2O. The SMILES string of the molecule is NC(=O)c1cc[n+](CCCBr)cc1.[Br-]. The number of aromatic nitrogens is 1. The van der Waals surface area contributed by atoms with Crippen LogP contribution in [0.2, 0.25) is 0 Å². The Hall–Kier alpha value is -0.420. The molecule has 0 fully saturated rings. The minimum Gasteiger partial charge on any atom is -1.00 e. The van der Waals surface area contributed by atoms with E-state index in [0.29, 0.717) is 5.56 Å². The highest BCUT2D eigenvalue weighted by Crippen LogP contribution is 1.93. The van der Waals surface area contributed by atoms with Crippen LogP contribution in [-0.2, 0) is 6.54 Å². The number of primary amides is 1. The zero-order valence-corrected chi connectivity index (χ0v) is 10.8. The van der Waals surface area contributed by atoms with Crippen LogP contribution >= 0.6 is 15.9 Å². The lowest BCUT2D eigenvalue weighted by atomic mass is 10.2. The molecule has 0 aliphatic heterocycles. The van der Waals surface area contributed by atoms with Gasteiger partial charge in [0, 0.05) is 23.9 Å². The summed E-state index contributed by atoms with van der Waals surface area (Å²) < 4.78 is 2.02. The van der Waals surface area contributed by atoms with Crippen LogP contribution in [0, 0.1) is 0 Å². The van der Waals surface area contributed by atoms with Gasteiger partial charge in [0.2, 0.25) is 5.91 Å². The third-order valence-electron chi connectivity index (χ3n) is 1.73. The molecule has 0 radical (unpaired) electrons. The highest BCUT2D eigenvalue weighted by atomic mass is 79.9. The lowest BCUT2D eigenvalue weighted by Crippen LogP contribution is -3.00. The minimum atomic E-state index is -0.382. The van der Waals surface area contributed by atoms with Gasteiger partial charge in [-0.25, -0.2) is 4.57 Å². The number of aryl methyl sites for hydroxylation is 1. The zero-order chi connectivity index (χ0) is 9.68. The normalized spacial score (nSPS) is 9.21. The molecule has 1 aromatic rings. The first-order valence-electron chi connectivity index (χ1n) is 4.09. The van der Waals surface area contributed by atoms with Gasteiger partial charge >= 0.3 is 0 Å². The number of halogens is 2. The highest BCUT2D eigenvalue weighted by Gasteiger charge is 2.03. The maximum Gasteiger partial charge on any atom is 0.249 e. The number of nitrogens with zero attached hydrogens (tertiary/aromatic N) is 1. The maximum absolute atomic E-state index is 10.7. The molecule has 0 aliphatic rings. The van der Waals surface area contributed by atoms with Gasteiger partial charge in [0.25, 0.3) is 0 Å². The predicted molar refractivity (Wildman–Crippen MR) is 53.6 cm³/mol. The monoisotopic (exact) mass is 322 g/mol. The highest BCUT2D eigenvalue weighted by molar-refractivity contribution is 9.09. The fourth-order valence-corrected chi connectivity index (χ4v) is 1.26. The van der Waals surface area contributed by atoms with Crippen molar-refractivity contribution in [3.63, 3.8) is 0 Å². The van der Waals surface area contributed by atoms with E-state index in [0.717, 1.165) is 18.3 Å². The van der Waals surface area contributed by atoms with Gasteiger partial charge in [0.1, 0.15) is 6.54 Å². The van der Waals surface area contributed by atoms with Gasteiger partial charge in [-0.3, -0.25) is 4.79 Å².